The van der Waals surface area contributed by atoms with E-state index in [2.05, 4.69) is 25.6 Å². The Hall–Kier alpha value is -4.14. The minimum Gasteiger partial charge on any atom is -0.492 e. The summed E-state index contributed by atoms with van der Waals surface area (Å²) in [5, 5.41) is 6.31. The molecule has 4 heterocycles. The number of benzene rings is 1. The number of halogens is 1. The third-order valence-corrected chi connectivity index (χ3v) is 6.20. The number of carbonyl (C=O) groups excluding carboxylic acids is 1. The molecule has 3 N–H and O–H groups in total. The van der Waals surface area contributed by atoms with Crippen molar-refractivity contribution in [3.63, 3.8) is 0 Å². The van der Waals surface area contributed by atoms with Gasteiger partial charge in [-0.15, -0.1) is 0 Å². The van der Waals surface area contributed by atoms with E-state index in [0.717, 1.165) is 17.7 Å². The Bertz CT molecular complexity index is 1430. The van der Waals surface area contributed by atoms with E-state index in [1.54, 1.807) is 31.5 Å². The fourth-order valence-electron chi connectivity index (χ4n) is 4.55. The lowest BCUT2D eigenvalue weighted by atomic mass is 10.0. The highest BCUT2D eigenvalue weighted by Gasteiger charge is 2.48. The van der Waals surface area contributed by atoms with E-state index in [9.17, 15) is 9.18 Å². The van der Waals surface area contributed by atoms with Crippen LogP contribution in [0.5, 0.6) is 11.6 Å². The van der Waals surface area contributed by atoms with Crippen LogP contribution in [-0.2, 0) is 0 Å². The summed E-state index contributed by atoms with van der Waals surface area (Å²) in [4.78, 5) is 25.5. The molecular formula is C24H20FN5O3. The summed E-state index contributed by atoms with van der Waals surface area (Å²) in [6, 6.07) is 10.2. The van der Waals surface area contributed by atoms with Crippen LogP contribution in [0.1, 0.15) is 28.4 Å². The number of anilines is 2. The number of carbonyl (C=O) groups is 1. The van der Waals surface area contributed by atoms with Crippen LogP contribution in [0.15, 0.2) is 42.6 Å². The van der Waals surface area contributed by atoms with E-state index in [-0.39, 0.29) is 23.6 Å². The molecule has 1 aromatic carbocycles. The topological polar surface area (TPSA) is 101 Å². The number of rotatable bonds is 5. The predicted octanol–water partition coefficient (Wildman–Crippen LogP) is 4.12. The molecule has 1 aliphatic carbocycles. The third-order valence-electron chi connectivity index (χ3n) is 6.20. The second kappa shape index (κ2) is 7.19. The number of hydrogen-bond donors (Lipinski definition) is 3. The SMILES string of the molecule is COc1ccc2nccc(-c3[nH]c4c(c3Nc3cccc(F)c3OC)C(=O)N[C@H]3C[C@@H]43)c2n1. The van der Waals surface area contributed by atoms with Gasteiger partial charge in [0, 0.05) is 35.5 Å². The second-order valence-electron chi connectivity index (χ2n) is 8.11. The Morgan fingerprint density at radius 3 is 2.85 bits per heavy atom. The van der Waals surface area contributed by atoms with Gasteiger partial charge in [-0.1, -0.05) is 6.07 Å². The molecule has 0 saturated heterocycles. The zero-order valence-corrected chi connectivity index (χ0v) is 17.9. The second-order valence-corrected chi connectivity index (χ2v) is 8.11. The van der Waals surface area contributed by atoms with Gasteiger partial charge in [0.2, 0.25) is 5.88 Å². The highest BCUT2D eigenvalue weighted by atomic mass is 19.1. The molecule has 2 atom stereocenters. The maximum absolute atomic E-state index is 14.4. The maximum Gasteiger partial charge on any atom is 0.255 e. The van der Waals surface area contributed by atoms with Crippen molar-refractivity contribution in [2.45, 2.75) is 18.4 Å². The summed E-state index contributed by atoms with van der Waals surface area (Å²) >= 11 is 0. The summed E-state index contributed by atoms with van der Waals surface area (Å²) < 4.78 is 25.0. The van der Waals surface area contributed by atoms with Crippen LogP contribution in [0.4, 0.5) is 15.8 Å². The van der Waals surface area contributed by atoms with Crippen molar-refractivity contribution in [2.75, 3.05) is 19.5 Å². The first-order valence-corrected chi connectivity index (χ1v) is 10.6. The van der Waals surface area contributed by atoms with Crippen LogP contribution in [0, 0.1) is 5.82 Å². The number of hydrogen-bond acceptors (Lipinski definition) is 6. The lowest BCUT2D eigenvalue weighted by molar-refractivity contribution is 0.0944. The molecule has 2 aliphatic rings. The number of aromatic nitrogens is 3. The van der Waals surface area contributed by atoms with Gasteiger partial charge in [-0.3, -0.25) is 9.78 Å². The van der Waals surface area contributed by atoms with Crippen molar-refractivity contribution < 1.29 is 18.7 Å². The van der Waals surface area contributed by atoms with E-state index < -0.39 is 5.82 Å². The zero-order valence-electron chi connectivity index (χ0n) is 17.9. The highest BCUT2D eigenvalue weighted by molar-refractivity contribution is 6.09. The Morgan fingerprint density at radius 1 is 1.15 bits per heavy atom. The molecule has 4 aromatic rings. The molecule has 0 bridgehead atoms. The van der Waals surface area contributed by atoms with Crippen molar-refractivity contribution in [1.82, 2.24) is 20.3 Å². The molecule has 3 aromatic heterocycles. The van der Waals surface area contributed by atoms with E-state index in [1.165, 1.54) is 13.2 Å². The lowest BCUT2D eigenvalue weighted by Crippen LogP contribution is -2.31. The molecule has 1 saturated carbocycles. The van der Waals surface area contributed by atoms with Crippen molar-refractivity contribution in [3.05, 3.63) is 59.7 Å². The number of nitrogens with zero attached hydrogens (tertiary/aromatic N) is 2. The maximum atomic E-state index is 14.4. The van der Waals surface area contributed by atoms with Gasteiger partial charge in [-0.2, -0.15) is 0 Å². The molecule has 1 aliphatic heterocycles. The number of aromatic amines is 1. The van der Waals surface area contributed by atoms with Gasteiger partial charge in [0.15, 0.2) is 11.6 Å². The number of methoxy groups -OCH3 is 2. The monoisotopic (exact) mass is 445 g/mol. The van der Waals surface area contributed by atoms with Crippen LogP contribution >= 0.6 is 0 Å². The minimum absolute atomic E-state index is 0.0679. The minimum atomic E-state index is -0.499. The van der Waals surface area contributed by atoms with Crippen LogP contribution in [0.25, 0.3) is 22.3 Å². The van der Waals surface area contributed by atoms with Crippen molar-refractivity contribution >= 4 is 28.3 Å². The summed E-state index contributed by atoms with van der Waals surface area (Å²) in [6.07, 6.45) is 2.57. The summed E-state index contributed by atoms with van der Waals surface area (Å²) in [6.45, 7) is 0. The van der Waals surface area contributed by atoms with Gasteiger partial charge in [-0.05, 0) is 30.7 Å². The van der Waals surface area contributed by atoms with Crippen molar-refractivity contribution in [3.8, 4) is 22.9 Å². The van der Waals surface area contributed by atoms with Gasteiger partial charge in [-0.25, -0.2) is 9.37 Å². The first-order valence-electron chi connectivity index (χ1n) is 10.6. The van der Waals surface area contributed by atoms with Crippen LogP contribution in [0.3, 0.4) is 0 Å². The zero-order chi connectivity index (χ0) is 22.7. The number of pyridine rings is 2. The number of amides is 1. The first kappa shape index (κ1) is 19.5. The molecule has 8 nitrogen and oxygen atoms in total. The molecule has 6 rings (SSSR count). The standard InChI is InChI=1S/C24H20FN5O3/c1-32-17-7-6-14-19(29-17)11(8-9-26-14)21-22(27-15-5-3-4-13(25)23(15)33-2)18-20(30-21)12-10-16(12)28-24(18)31/h3-9,12,16,27,30H,10H2,1-2H3,(H,28,31)/t12-,16+/m1/s1. The first-order chi connectivity index (χ1) is 16.1. The number of H-pyrrole nitrogens is 1. The van der Waals surface area contributed by atoms with Gasteiger partial charge >= 0.3 is 0 Å². The van der Waals surface area contributed by atoms with Gasteiger partial charge in [0.05, 0.1) is 42.4 Å². The molecule has 166 valence electrons. The van der Waals surface area contributed by atoms with E-state index in [0.29, 0.717) is 39.5 Å². The van der Waals surface area contributed by atoms with Crippen LogP contribution < -0.4 is 20.1 Å². The predicted molar refractivity (Wildman–Crippen MR) is 121 cm³/mol. The fourth-order valence-corrected chi connectivity index (χ4v) is 4.55. The molecule has 1 amide bonds. The molecule has 1 fully saturated rings. The van der Waals surface area contributed by atoms with Crippen molar-refractivity contribution in [1.29, 1.82) is 0 Å². The number of ether oxygens (including phenoxy) is 2. The molecule has 0 radical (unpaired) electrons. The smallest absolute Gasteiger partial charge is 0.255 e. The fraction of sp³-hybridized carbons (Fsp3) is 0.208. The van der Waals surface area contributed by atoms with Gasteiger partial charge < -0.3 is 25.1 Å². The van der Waals surface area contributed by atoms with Gasteiger partial charge in [0.1, 0.15) is 5.52 Å². The average molecular weight is 445 g/mol. The molecular weight excluding hydrogens is 425 g/mol. The van der Waals surface area contributed by atoms with Crippen LogP contribution in [0.2, 0.25) is 0 Å². The van der Waals surface area contributed by atoms with E-state index >= 15 is 0 Å². The quantitative estimate of drug-likeness (QED) is 0.427. The number of para-hydroxylation sites is 1. The largest absolute Gasteiger partial charge is 0.492 e. The molecule has 0 spiro atoms. The number of fused-ring (bicyclic) bond motifs is 4. The van der Waals surface area contributed by atoms with Crippen LogP contribution in [-0.4, -0.2) is 41.1 Å². The van der Waals surface area contributed by atoms with E-state index in [4.69, 9.17) is 9.47 Å². The molecule has 9 heteroatoms. The Morgan fingerprint density at radius 2 is 2.03 bits per heavy atom. The molecule has 0 unspecified atom stereocenters. The molecule has 33 heavy (non-hydrogen) atoms. The average Bonchev–Trinajstić information content (AvgIpc) is 3.50. The summed E-state index contributed by atoms with van der Waals surface area (Å²) in [5.41, 5.74) is 5.05. The lowest BCUT2D eigenvalue weighted by Gasteiger charge is -2.16. The van der Waals surface area contributed by atoms with E-state index in [1.807, 2.05) is 12.1 Å². The third kappa shape index (κ3) is 3.00. The Balaban J connectivity index is 1.60. The highest BCUT2D eigenvalue weighted by Crippen LogP contribution is 2.50. The normalized spacial score (nSPS) is 18.3. The Kier molecular flexibility index (Phi) is 4.26. The number of nitrogens with one attached hydrogen (secondary N) is 3. The van der Waals surface area contributed by atoms with Gasteiger partial charge in [0.25, 0.3) is 5.91 Å². The summed E-state index contributed by atoms with van der Waals surface area (Å²) in [7, 11) is 2.96. The summed E-state index contributed by atoms with van der Waals surface area (Å²) in [5.74, 6) is 0.0682. The van der Waals surface area contributed by atoms with Crippen molar-refractivity contribution in [2.24, 2.45) is 0 Å². The Labute approximate surface area is 188 Å².